The Hall–Kier alpha value is -1.57. The molecule has 20 heavy (non-hydrogen) atoms. The lowest BCUT2D eigenvalue weighted by atomic mass is 10.0. The number of benzene rings is 1. The molecule has 1 unspecified atom stereocenters. The van der Waals surface area contributed by atoms with E-state index in [9.17, 15) is 23.7 Å². The van der Waals surface area contributed by atoms with E-state index in [1.54, 1.807) is 13.8 Å². The number of nitrogens with one attached hydrogen (secondary N) is 1. The van der Waals surface area contributed by atoms with Crippen LogP contribution in [0, 0.1) is 21.7 Å². The summed E-state index contributed by atoms with van der Waals surface area (Å²) in [5.41, 5.74) is -2.59. The Labute approximate surface area is 122 Å². The van der Waals surface area contributed by atoms with Gasteiger partial charge in [-0.25, -0.2) is 4.39 Å². The van der Waals surface area contributed by atoms with Gasteiger partial charge in [0.05, 0.1) is 4.92 Å². The van der Waals surface area contributed by atoms with Gasteiger partial charge in [0.15, 0.2) is 0 Å². The second-order valence-electron chi connectivity index (χ2n) is 4.51. The van der Waals surface area contributed by atoms with Crippen LogP contribution in [0.5, 0.6) is 0 Å². The molecule has 0 saturated heterocycles. The summed E-state index contributed by atoms with van der Waals surface area (Å²) in [6, 6.07) is 1.39. The van der Waals surface area contributed by atoms with Gasteiger partial charge in [-0.05, 0) is 19.4 Å². The van der Waals surface area contributed by atoms with E-state index in [-0.39, 0.29) is 0 Å². The molecule has 0 heterocycles. The van der Waals surface area contributed by atoms with Gasteiger partial charge in [0.25, 0.3) is 5.91 Å². The minimum atomic E-state index is -1.47. The van der Waals surface area contributed by atoms with E-state index in [1.807, 2.05) is 0 Å². The molecule has 0 aliphatic carbocycles. The van der Waals surface area contributed by atoms with Crippen molar-refractivity contribution in [3.8, 4) is 0 Å². The molecule has 0 saturated carbocycles. The third-order valence-corrected chi connectivity index (χ3v) is 4.22. The number of carbonyl (C=O) groups excluding carboxylic acids is 1. The predicted octanol–water partition coefficient (Wildman–Crippen LogP) is 3.17. The average molecular weight is 351 g/mol. The molecule has 0 bridgehead atoms. The van der Waals surface area contributed by atoms with Gasteiger partial charge in [-0.15, -0.1) is 0 Å². The highest BCUT2D eigenvalue weighted by Gasteiger charge is 2.30. The standard InChI is InChI=1S/C12H13BrF2N2O3/c1-3-12(2,6-13)16-11(18)9-7(14)4-5-8(10(9)15)17(19)20/h4-5H,3,6H2,1-2H3,(H,16,18). The molecule has 0 aliphatic heterocycles. The van der Waals surface area contributed by atoms with Crippen molar-refractivity contribution in [3.05, 3.63) is 39.4 Å². The summed E-state index contributed by atoms with van der Waals surface area (Å²) in [6.45, 7) is 3.48. The van der Waals surface area contributed by atoms with Gasteiger partial charge < -0.3 is 5.32 Å². The SMILES string of the molecule is CCC(C)(CBr)NC(=O)c1c(F)ccc([N+](=O)[O-])c1F. The number of hydrogen-bond donors (Lipinski definition) is 1. The number of halogens is 3. The van der Waals surface area contributed by atoms with Crippen LogP contribution in [-0.4, -0.2) is 21.7 Å². The number of nitrogens with zero attached hydrogens (tertiary/aromatic N) is 1. The fraction of sp³-hybridized carbons (Fsp3) is 0.417. The molecule has 1 aromatic carbocycles. The molecule has 0 radical (unpaired) electrons. The average Bonchev–Trinajstić information content (AvgIpc) is 2.38. The summed E-state index contributed by atoms with van der Waals surface area (Å²) >= 11 is 3.20. The van der Waals surface area contributed by atoms with Crippen LogP contribution < -0.4 is 5.32 Å². The van der Waals surface area contributed by atoms with Crippen LogP contribution >= 0.6 is 15.9 Å². The maximum absolute atomic E-state index is 13.9. The maximum atomic E-state index is 13.9. The third kappa shape index (κ3) is 3.30. The largest absolute Gasteiger partial charge is 0.346 e. The zero-order valence-corrected chi connectivity index (χ0v) is 12.5. The van der Waals surface area contributed by atoms with Crippen molar-refractivity contribution in [2.24, 2.45) is 0 Å². The van der Waals surface area contributed by atoms with Crippen LogP contribution in [0.3, 0.4) is 0 Å². The number of nitro benzene ring substituents is 1. The highest BCUT2D eigenvalue weighted by molar-refractivity contribution is 9.09. The fourth-order valence-electron chi connectivity index (χ4n) is 1.44. The Morgan fingerprint density at radius 3 is 2.55 bits per heavy atom. The second kappa shape index (κ2) is 6.25. The first-order chi connectivity index (χ1) is 9.25. The van der Waals surface area contributed by atoms with E-state index in [1.165, 1.54) is 0 Å². The summed E-state index contributed by atoms with van der Waals surface area (Å²) in [7, 11) is 0. The summed E-state index contributed by atoms with van der Waals surface area (Å²) in [5.74, 6) is -3.63. The van der Waals surface area contributed by atoms with Crippen molar-refractivity contribution in [3.63, 3.8) is 0 Å². The van der Waals surface area contributed by atoms with E-state index in [0.29, 0.717) is 23.9 Å². The molecule has 1 amide bonds. The van der Waals surface area contributed by atoms with Crippen LogP contribution in [0.25, 0.3) is 0 Å². The number of hydrogen-bond acceptors (Lipinski definition) is 3. The predicted molar refractivity (Wildman–Crippen MR) is 73.0 cm³/mol. The lowest BCUT2D eigenvalue weighted by molar-refractivity contribution is -0.387. The minimum absolute atomic E-state index is 0.375. The maximum Gasteiger partial charge on any atom is 0.305 e. The summed E-state index contributed by atoms with van der Waals surface area (Å²) in [5, 5.41) is 13.5. The quantitative estimate of drug-likeness (QED) is 0.503. The topological polar surface area (TPSA) is 72.2 Å². The van der Waals surface area contributed by atoms with E-state index in [0.717, 1.165) is 0 Å². The Morgan fingerprint density at radius 1 is 1.50 bits per heavy atom. The first-order valence-corrected chi connectivity index (χ1v) is 6.88. The van der Waals surface area contributed by atoms with Crippen molar-refractivity contribution < 1.29 is 18.5 Å². The monoisotopic (exact) mass is 350 g/mol. The van der Waals surface area contributed by atoms with Gasteiger partial charge in [0.2, 0.25) is 5.82 Å². The zero-order chi connectivity index (χ0) is 15.5. The van der Waals surface area contributed by atoms with Crippen LogP contribution in [0.4, 0.5) is 14.5 Å². The molecule has 1 atom stereocenters. The van der Waals surface area contributed by atoms with Crippen LogP contribution in [0.15, 0.2) is 12.1 Å². The molecule has 8 heteroatoms. The Bertz CT molecular complexity index is 548. The molecule has 1 N–H and O–H groups in total. The normalized spacial score (nSPS) is 13.7. The zero-order valence-electron chi connectivity index (χ0n) is 10.9. The molecule has 110 valence electrons. The number of carbonyl (C=O) groups is 1. The van der Waals surface area contributed by atoms with E-state index in [4.69, 9.17) is 0 Å². The van der Waals surface area contributed by atoms with Gasteiger partial charge in [-0.2, -0.15) is 4.39 Å². The second-order valence-corrected chi connectivity index (χ2v) is 5.08. The van der Waals surface area contributed by atoms with Crippen LogP contribution in [0.1, 0.15) is 30.6 Å². The van der Waals surface area contributed by atoms with Crippen molar-refractivity contribution in [2.45, 2.75) is 25.8 Å². The van der Waals surface area contributed by atoms with Crippen molar-refractivity contribution in [2.75, 3.05) is 5.33 Å². The molecule has 0 aliphatic rings. The molecular formula is C12H13BrF2N2O3. The number of amides is 1. The van der Waals surface area contributed by atoms with Gasteiger partial charge >= 0.3 is 5.69 Å². The van der Waals surface area contributed by atoms with E-state index < -0.39 is 39.3 Å². The first kappa shape index (κ1) is 16.5. The molecule has 0 spiro atoms. The van der Waals surface area contributed by atoms with E-state index in [2.05, 4.69) is 21.2 Å². The van der Waals surface area contributed by atoms with Crippen molar-refractivity contribution in [1.82, 2.24) is 5.32 Å². The highest BCUT2D eigenvalue weighted by Crippen LogP contribution is 2.24. The number of rotatable bonds is 5. The Kier molecular flexibility index (Phi) is 5.15. The third-order valence-electron chi connectivity index (χ3n) is 2.99. The minimum Gasteiger partial charge on any atom is -0.346 e. The lowest BCUT2D eigenvalue weighted by Crippen LogP contribution is -2.47. The van der Waals surface area contributed by atoms with Gasteiger partial charge in [0, 0.05) is 16.9 Å². The van der Waals surface area contributed by atoms with Crippen molar-refractivity contribution in [1.29, 1.82) is 0 Å². The lowest BCUT2D eigenvalue weighted by Gasteiger charge is -2.27. The van der Waals surface area contributed by atoms with Crippen molar-refractivity contribution >= 4 is 27.5 Å². The van der Waals surface area contributed by atoms with Crippen LogP contribution in [0.2, 0.25) is 0 Å². The summed E-state index contributed by atoms with van der Waals surface area (Å²) in [6.07, 6.45) is 0.516. The Morgan fingerprint density at radius 2 is 2.10 bits per heavy atom. The van der Waals surface area contributed by atoms with Gasteiger partial charge in [-0.3, -0.25) is 14.9 Å². The van der Waals surface area contributed by atoms with Gasteiger partial charge in [-0.1, -0.05) is 22.9 Å². The van der Waals surface area contributed by atoms with E-state index >= 15 is 0 Å². The fourth-order valence-corrected chi connectivity index (χ4v) is 1.98. The molecule has 1 rings (SSSR count). The molecule has 0 fully saturated rings. The molecule has 5 nitrogen and oxygen atoms in total. The number of alkyl halides is 1. The molecular weight excluding hydrogens is 338 g/mol. The van der Waals surface area contributed by atoms with Crippen LogP contribution in [-0.2, 0) is 0 Å². The summed E-state index contributed by atoms with van der Waals surface area (Å²) in [4.78, 5) is 21.6. The number of nitro groups is 1. The molecule has 0 aromatic heterocycles. The smallest absolute Gasteiger partial charge is 0.305 e. The highest BCUT2D eigenvalue weighted by atomic mass is 79.9. The summed E-state index contributed by atoms with van der Waals surface area (Å²) < 4.78 is 27.5. The first-order valence-electron chi connectivity index (χ1n) is 5.76. The Balaban J connectivity index is 3.23. The van der Waals surface area contributed by atoms with Gasteiger partial charge in [0.1, 0.15) is 11.4 Å². The molecule has 1 aromatic rings.